The number of benzene rings is 1. The number of nitrogens with zero attached hydrogens (tertiary/aromatic N) is 2. The average molecular weight is 420 g/mol. The van der Waals surface area contributed by atoms with E-state index in [9.17, 15) is 4.79 Å². The van der Waals surface area contributed by atoms with Crippen molar-refractivity contribution in [3.8, 4) is 0 Å². The second kappa shape index (κ2) is 8.11. The highest BCUT2D eigenvalue weighted by molar-refractivity contribution is 5.99. The van der Waals surface area contributed by atoms with Crippen LogP contribution in [0.3, 0.4) is 0 Å². The van der Waals surface area contributed by atoms with Gasteiger partial charge in [0.1, 0.15) is 5.82 Å². The quantitative estimate of drug-likeness (QED) is 0.625. The van der Waals surface area contributed by atoms with E-state index in [1.807, 2.05) is 12.3 Å². The number of rotatable bonds is 3. The van der Waals surface area contributed by atoms with E-state index in [1.54, 1.807) is 0 Å². The minimum atomic E-state index is 0.223. The van der Waals surface area contributed by atoms with Crippen LogP contribution < -0.4 is 5.32 Å². The third kappa shape index (κ3) is 4.18. The van der Waals surface area contributed by atoms with Gasteiger partial charge in [-0.15, -0.1) is 0 Å². The fourth-order valence-electron chi connectivity index (χ4n) is 6.26. The minimum Gasteiger partial charge on any atom is -0.367 e. The van der Waals surface area contributed by atoms with Gasteiger partial charge in [-0.2, -0.15) is 0 Å². The van der Waals surface area contributed by atoms with Gasteiger partial charge in [-0.1, -0.05) is 26.8 Å². The SMILES string of the molecule is CC(C)(C)C1CCC(Nc2cc3cc(C(=O)N4C5CCCC4CC5)ccc3cn2)CC1. The molecule has 1 saturated carbocycles. The molecule has 31 heavy (non-hydrogen) atoms. The van der Waals surface area contributed by atoms with Crippen LogP contribution in [0.15, 0.2) is 30.5 Å². The molecule has 1 aliphatic carbocycles. The average Bonchev–Trinajstić information content (AvgIpc) is 3.00. The summed E-state index contributed by atoms with van der Waals surface area (Å²) in [4.78, 5) is 20.2. The number of aromatic nitrogens is 1. The first-order valence-corrected chi connectivity index (χ1v) is 12.4. The Morgan fingerprint density at radius 1 is 0.935 bits per heavy atom. The van der Waals surface area contributed by atoms with Gasteiger partial charge in [0, 0.05) is 35.3 Å². The molecule has 2 aliphatic heterocycles. The summed E-state index contributed by atoms with van der Waals surface area (Å²) in [6.45, 7) is 7.10. The molecule has 4 nitrogen and oxygen atoms in total. The maximum absolute atomic E-state index is 13.3. The molecule has 1 amide bonds. The van der Waals surface area contributed by atoms with Crippen LogP contribution in [0, 0.1) is 11.3 Å². The molecule has 3 aliphatic rings. The van der Waals surface area contributed by atoms with E-state index >= 15 is 0 Å². The Hall–Kier alpha value is -2.10. The second-order valence-electron chi connectivity index (χ2n) is 11.2. The number of hydrogen-bond donors (Lipinski definition) is 1. The highest BCUT2D eigenvalue weighted by atomic mass is 16.2. The zero-order chi connectivity index (χ0) is 21.6. The Balaban J connectivity index is 1.30. The standard InChI is InChI=1S/C27H37N3O/c1-27(2,3)21-9-11-22(12-10-21)29-25-16-20-15-18(7-8-19(20)17-28-25)26(31)30-23-5-4-6-24(30)14-13-23/h7-8,15-17,21-24H,4-6,9-14H2,1-3H3,(H,28,29). The molecule has 2 unspecified atom stereocenters. The fourth-order valence-corrected chi connectivity index (χ4v) is 6.26. The number of hydrogen-bond acceptors (Lipinski definition) is 3. The van der Waals surface area contributed by atoms with Crippen LogP contribution in [-0.4, -0.2) is 33.9 Å². The van der Waals surface area contributed by atoms with Gasteiger partial charge in [-0.3, -0.25) is 4.79 Å². The predicted molar refractivity (Wildman–Crippen MR) is 127 cm³/mol. The number of piperidine rings is 1. The van der Waals surface area contributed by atoms with Crippen LogP contribution in [-0.2, 0) is 0 Å². The van der Waals surface area contributed by atoms with Gasteiger partial charge in [0.05, 0.1) is 0 Å². The van der Waals surface area contributed by atoms with Gasteiger partial charge in [-0.25, -0.2) is 4.98 Å². The molecule has 166 valence electrons. The number of fused-ring (bicyclic) bond motifs is 3. The molecule has 0 radical (unpaired) electrons. The topological polar surface area (TPSA) is 45.2 Å². The van der Waals surface area contributed by atoms with E-state index in [4.69, 9.17) is 0 Å². The molecule has 1 aromatic heterocycles. The lowest BCUT2D eigenvalue weighted by Crippen LogP contribution is -2.43. The highest BCUT2D eigenvalue weighted by Crippen LogP contribution is 2.39. The summed E-state index contributed by atoms with van der Waals surface area (Å²) in [5, 5.41) is 5.88. The number of nitrogens with one attached hydrogen (secondary N) is 1. The number of carbonyl (C=O) groups excluding carboxylic acids is 1. The second-order valence-corrected chi connectivity index (χ2v) is 11.2. The molecule has 1 aromatic carbocycles. The van der Waals surface area contributed by atoms with Crippen LogP contribution >= 0.6 is 0 Å². The van der Waals surface area contributed by atoms with Gasteiger partial charge in [-0.05, 0) is 92.7 Å². The largest absolute Gasteiger partial charge is 0.367 e. The van der Waals surface area contributed by atoms with Gasteiger partial charge in [0.15, 0.2) is 0 Å². The zero-order valence-electron chi connectivity index (χ0n) is 19.4. The zero-order valence-corrected chi connectivity index (χ0v) is 19.4. The lowest BCUT2D eigenvalue weighted by atomic mass is 9.71. The van der Waals surface area contributed by atoms with Gasteiger partial charge in [0.25, 0.3) is 5.91 Å². The van der Waals surface area contributed by atoms with E-state index in [0.29, 0.717) is 23.5 Å². The molecule has 3 heterocycles. The van der Waals surface area contributed by atoms with Crippen LogP contribution in [0.25, 0.3) is 10.8 Å². The van der Waals surface area contributed by atoms with Gasteiger partial charge in [0.2, 0.25) is 0 Å². The Kier molecular flexibility index (Phi) is 5.44. The van der Waals surface area contributed by atoms with Crippen molar-refractivity contribution >= 4 is 22.5 Å². The smallest absolute Gasteiger partial charge is 0.254 e. The molecule has 1 N–H and O–H groups in total. The van der Waals surface area contributed by atoms with E-state index in [1.165, 1.54) is 57.8 Å². The predicted octanol–water partition coefficient (Wildman–Crippen LogP) is 6.41. The first kappa shape index (κ1) is 20.8. The normalized spacial score (nSPS) is 28.7. The third-order valence-electron chi connectivity index (χ3n) is 8.20. The summed E-state index contributed by atoms with van der Waals surface area (Å²) < 4.78 is 0. The summed E-state index contributed by atoms with van der Waals surface area (Å²) in [6, 6.07) is 9.67. The van der Waals surface area contributed by atoms with E-state index in [2.05, 4.69) is 54.2 Å². The Labute approximate surface area is 186 Å². The molecule has 0 spiro atoms. The summed E-state index contributed by atoms with van der Waals surface area (Å²) >= 11 is 0. The summed E-state index contributed by atoms with van der Waals surface area (Å²) in [7, 11) is 0. The van der Waals surface area contributed by atoms with Crippen molar-refractivity contribution in [2.24, 2.45) is 11.3 Å². The van der Waals surface area contributed by atoms with Crippen molar-refractivity contribution in [2.75, 3.05) is 5.32 Å². The molecular formula is C27H37N3O. The summed E-state index contributed by atoms with van der Waals surface area (Å²) in [5.41, 5.74) is 1.23. The maximum atomic E-state index is 13.3. The van der Waals surface area contributed by atoms with E-state index in [-0.39, 0.29) is 5.91 Å². The summed E-state index contributed by atoms with van der Waals surface area (Å²) in [5.74, 6) is 1.98. The molecule has 2 atom stereocenters. The summed E-state index contributed by atoms with van der Waals surface area (Å²) in [6.07, 6.45) is 12.9. The number of anilines is 1. The first-order chi connectivity index (χ1) is 14.9. The Bertz CT molecular complexity index is 939. The Morgan fingerprint density at radius 3 is 2.32 bits per heavy atom. The number of amides is 1. The molecule has 2 bridgehead atoms. The number of carbonyl (C=O) groups is 1. The maximum Gasteiger partial charge on any atom is 0.254 e. The van der Waals surface area contributed by atoms with Crippen LogP contribution in [0.1, 0.15) is 88.9 Å². The van der Waals surface area contributed by atoms with Crippen molar-refractivity contribution in [1.82, 2.24) is 9.88 Å². The van der Waals surface area contributed by atoms with Crippen molar-refractivity contribution in [3.63, 3.8) is 0 Å². The lowest BCUT2D eigenvalue weighted by molar-refractivity contribution is 0.0595. The monoisotopic (exact) mass is 419 g/mol. The lowest BCUT2D eigenvalue weighted by Gasteiger charge is -2.37. The third-order valence-corrected chi connectivity index (χ3v) is 8.20. The van der Waals surface area contributed by atoms with Crippen LogP contribution in [0.2, 0.25) is 0 Å². The highest BCUT2D eigenvalue weighted by Gasteiger charge is 2.39. The van der Waals surface area contributed by atoms with Crippen molar-refractivity contribution in [2.45, 2.75) is 96.7 Å². The molecular weight excluding hydrogens is 382 g/mol. The minimum absolute atomic E-state index is 0.223. The molecule has 4 heteroatoms. The van der Waals surface area contributed by atoms with E-state index in [0.717, 1.165) is 28.1 Å². The molecule has 2 saturated heterocycles. The van der Waals surface area contributed by atoms with Gasteiger partial charge >= 0.3 is 0 Å². The van der Waals surface area contributed by atoms with Crippen molar-refractivity contribution in [1.29, 1.82) is 0 Å². The molecule has 3 fully saturated rings. The number of pyridine rings is 1. The molecule has 5 rings (SSSR count). The first-order valence-electron chi connectivity index (χ1n) is 12.4. The van der Waals surface area contributed by atoms with Crippen LogP contribution in [0.4, 0.5) is 5.82 Å². The molecule has 2 aromatic rings. The Morgan fingerprint density at radius 2 is 1.65 bits per heavy atom. The van der Waals surface area contributed by atoms with Gasteiger partial charge < -0.3 is 10.2 Å². The van der Waals surface area contributed by atoms with Crippen molar-refractivity contribution < 1.29 is 4.79 Å². The van der Waals surface area contributed by atoms with Crippen molar-refractivity contribution in [3.05, 3.63) is 36.0 Å². The fraction of sp³-hybridized carbons (Fsp3) is 0.630. The van der Waals surface area contributed by atoms with E-state index < -0.39 is 0 Å². The van der Waals surface area contributed by atoms with Crippen LogP contribution in [0.5, 0.6) is 0 Å².